The number of ether oxygens (including phenoxy) is 1. The van der Waals surface area contributed by atoms with E-state index >= 15 is 0 Å². The number of hydrogen-bond donors (Lipinski definition) is 3. The maximum Gasteiger partial charge on any atom is 0.142 e. The molecule has 0 aliphatic carbocycles. The Morgan fingerprint density at radius 2 is 2.14 bits per heavy atom. The van der Waals surface area contributed by atoms with Gasteiger partial charge in [-0.1, -0.05) is 0 Å². The van der Waals surface area contributed by atoms with Crippen LogP contribution >= 0.6 is 0 Å². The average Bonchev–Trinajstić information content (AvgIpc) is 2.16. The Bertz CT molecular complexity index is 304. The predicted molar refractivity (Wildman–Crippen MR) is 53.9 cm³/mol. The zero-order valence-electron chi connectivity index (χ0n) is 7.93. The lowest BCUT2D eigenvalue weighted by Gasteiger charge is -2.11. The van der Waals surface area contributed by atoms with Crippen molar-refractivity contribution < 1.29 is 14.9 Å². The van der Waals surface area contributed by atoms with Gasteiger partial charge in [-0.15, -0.1) is 0 Å². The van der Waals surface area contributed by atoms with Gasteiger partial charge in [0.25, 0.3) is 0 Å². The van der Waals surface area contributed by atoms with Crippen LogP contribution in [0, 0.1) is 0 Å². The molecule has 0 aliphatic rings. The van der Waals surface area contributed by atoms with Crippen molar-refractivity contribution in [3.05, 3.63) is 18.2 Å². The third-order valence-electron chi connectivity index (χ3n) is 1.69. The quantitative estimate of drug-likeness (QED) is 0.383. The minimum absolute atomic E-state index is 0.227. The molecule has 5 heteroatoms. The monoisotopic (exact) mass is 198 g/mol. The van der Waals surface area contributed by atoms with Crippen molar-refractivity contribution in [1.29, 1.82) is 0 Å². The van der Waals surface area contributed by atoms with Crippen molar-refractivity contribution in [3.63, 3.8) is 0 Å². The molecule has 0 saturated heterocycles. The largest absolute Gasteiger partial charge is 0.489 e. The first kappa shape index (κ1) is 10.6. The minimum atomic E-state index is -0.396. The van der Waals surface area contributed by atoms with Crippen LogP contribution in [0.2, 0.25) is 0 Å². The molecule has 0 radical (unpaired) electrons. The highest BCUT2D eigenvalue weighted by Crippen LogP contribution is 2.23. The number of nitrogen functional groups attached to an aromatic ring is 2. The molecule has 0 amide bonds. The van der Waals surface area contributed by atoms with Gasteiger partial charge in [0.1, 0.15) is 18.5 Å². The molecular weight excluding hydrogens is 184 g/mol. The van der Waals surface area contributed by atoms with Gasteiger partial charge in [-0.3, -0.25) is 5.26 Å². The van der Waals surface area contributed by atoms with Gasteiger partial charge >= 0.3 is 0 Å². The van der Waals surface area contributed by atoms with Crippen LogP contribution in [0.25, 0.3) is 0 Å². The summed E-state index contributed by atoms with van der Waals surface area (Å²) >= 11 is 0. The summed E-state index contributed by atoms with van der Waals surface area (Å²) in [5.41, 5.74) is 12.2. The summed E-state index contributed by atoms with van der Waals surface area (Å²) in [7, 11) is 0. The first-order valence-electron chi connectivity index (χ1n) is 4.21. The zero-order valence-corrected chi connectivity index (χ0v) is 7.93. The van der Waals surface area contributed by atoms with Gasteiger partial charge in [0.15, 0.2) is 0 Å². The van der Waals surface area contributed by atoms with E-state index in [9.17, 15) is 0 Å². The van der Waals surface area contributed by atoms with E-state index in [1.807, 2.05) is 0 Å². The molecule has 14 heavy (non-hydrogen) atoms. The van der Waals surface area contributed by atoms with Gasteiger partial charge in [-0.2, -0.15) is 0 Å². The summed E-state index contributed by atoms with van der Waals surface area (Å²) in [4.78, 5) is 4.04. The van der Waals surface area contributed by atoms with Crippen LogP contribution in [-0.2, 0) is 4.89 Å². The van der Waals surface area contributed by atoms with Crippen molar-refractivity contribution in [3.8, 4) is 5.75 Å². The first-order chi connectivity index (χ1) is 6.63. The Hall–Kier alpha value is -1.46. The Kier molecular flexibility index (Phi) is 3.55. The Labute approximate surface area is 82.2 Å². The molecule has 1 unspecified atom stereocenters. The van der Waals surface area contributed by atoms with Crippen LogP contribution in [0.15, 0.2) is 18.2 Å². The number of hydrogen-bond acceptors (Lipinski definition) is 5. The second-order valence-electron chi connectivity index (χ2n) is 3.02. The molecule has 0 fully saturated rings. The SMILES string of the molecule is CC(COc1ccc(N)cc1N)OO. The van der Waals surface area contributed by atoms with E-state index in [1.165, 1.54) is 0 Å². The predicted octanol–water partition coefficient (Wildman–Crippen LogP) is 1.11. The van der Waals surface area contributed by atoms with Crippen LogP contribution < -0.4 is 16.2 Å². The maximum absolute atomic E-state index is 8.29. The number of nitrogens with two attached hydrogens (primary N) is 2. The standard InChI is InChI=1S/C9H14N2O3/c1-6(14-12)5-13-9-3-2-7(10)4-8(9)11/h2-4,6,12H,5,10-11H2,1H3. The van der Waals surface area contributed by atoms with Gasteiger partial charge in [0, 0.05) is 5.69 Å². The summed E-state index contributed by atoms with van der Waals surface area (Å²) in [5, 5.41) is 8.29. The van der Waals surface area contributed by atoms with E-state index in [-0.39, 0.29) is 6.61 Å². The van der Waals surface area contributed by atoms with Crippen molar-refractivity contribution >= 4 is 11.4 Å². The molecule has 78 valence electrons. The van der Waals surface area contributed by atoms with Crippen LogP contribution in [-0.4, -0.2) is 18.0 Å². The molecule has 0 aromatic heterocycles. The van der Waals surface area contributed by atoms with Gasteiger partial charge in [-0.05, 0) is 25.1 Å². The van der Waals surface area contributed by atoms with Gasteiger partial charge in [0.2, 0.25) is 0 Å². The summed E-state index contributed by atoms with van der Waals surface area (Å²) < 4.78 is 5.28. The number of anilines is 2. The molecule has 0 bridgehead atoms. The lowest BCUT2D eigenvalue weighted by Crippen LogP contribution is -2.16. The van der Waals surface area contributed by atoms with Gasteiger partial charge in [0.05, 0.1) is 5.69 Å². The van der Waals surface area contributed by atoms with E-state index in [0.29, 0.717) is 17.1 Å². The molecule has 1 aromatic rings. The van der Waals surface area contributed by atoms with Crippen LogP contribution in [0.5, 0.6) is 5.75 Å². The third kappa shape index (κ3) is 2.79. The van der Waals surface area contributed by atoms with Crippen molar-refractivity contribution in [2.45, 2.75) is 13.0 Å². The third-order valence-corrected chi connectivity index (χ3v) is 1.69. The molecule has 1 rings (SSSR count). The lowest BCUT2D eigenvalue weighted by molar-refractivity contribution is -0.278. The summed E-state index contributed by atoms with van der Waals surface area (Å²) in [5.74, 6) is 0.531. The van der Waals surface area contributed by atoms with E-state index in [4.69, 9.17) is 21.5 Å². The molecule has 0 saturated carbocycles. The highest BCUT2D eigenvalue weighted by molar-refractivity contribution is 5.60. The molecule has 1 atom stereocenters. The molecule has 0 aliphatic heterocycles. The fourth-order valence-electron chi connectivity index (χ4n) is 0.936. The van der Waals surface area contributed by atoms with Crippen LogP contribution in [0.4, 0.5) is 11.4 Å². The molecule has 1 aromatic carbocycles. The minimum Gasteiger partial charge on any atom is -0.489 e. The molecule has 5 N–H and O–H groups in total. The molecule has 5 nitrogen and oxygen atoms in total. The van der Waals surface area contributed by atoms with Crippen molar-refractivity contribution in [1.82, 2.24) is 0 Å². The fraction of sp³-hybridized carbons (Fsp3) is 0.333. The van der Waals surface area contributed by atoms with E-state index in [0.717, 1.165) is 0 Å². The highest BCUT2D eigenvalue weighted by atomic mass is 17.1. The van der Waals surface area contributed by atoms with Crippen molar-refractivity contribution in [2.75, 3.05) is 18.1 Å². The van der Waals surface area contributed by atoms with E-state index in [1.54, 1.807) is 25.1 Å². The van der Waals surface area contributed by atoms with Crippen molar-refractivity contribution in [2.24, 2.45) is 0 Å². The molecular formula is C9H14N2O3. The van der Waals surface area contributed by atoms with Gasteiger partial charge in [-0.25, -0.2) is 4.89 Å². The average molecular weight is 198 g/mol. The Morgan fingerprint density at radius 3 is 2.71 bits per heavy atom. The van der Waals surface area contributed by atoms with Crippen LogP contribution in [0.3, 0.4) is 0 Å². The summed E-state index contributed by atoms with van der Waals surface area (Å²) in [6.45, 7) is 1.90. The highest BCUT2D eigenvalue weighted by Gasteiger charge is 2.05. The van der Waals surface area contributed by atoms with Gasteiger partial charge < -0.3 is 16.2 Å². The summed E-state index contributed by atoms with van der Waals surface area (Å²) in [6, 6.07) is 4.98. The number of benzene rings is 1. The second kappa shape index (κ2) is 4.69. The Morgan fingerprint density at radius 1 is 1.43 bits per heavy atom. The number of rotatable bonds is 4. The first-order valence-corrected chi connectivity index (χ1v) is 4.21. The fourth-order valence-corrected chi connectivity index (χ4v) is 0.936. The Balaban J connectivity index is 2.59. The van der Waals surface area contributed by atoms with E-state index in [2.05, 4.69) is 4.89 Å². The zero-order chi connectivity index (χ0) is 10.6. The van der Waals surface area contributed by atoms with E-state index < -0.39 is 6.10 Å². The normalized spacial score (nSPS) is 12.4. The topological polar surface area (TPSA) is 90.7 Å². The molecule has 0 spiro atoms. The maximum atomic E-state index is 8.29. The lowest BCUT2D eigenvalue weighted by atomic mass is 10.2. The smallest absolute Gasteiger partial charge is 0.142 e. The summed E-state index contributed by atoms with van der Waals surface area (Å²) in [6.07, 6.45) is -0.396. The molecule has 0 heterocycles. The van der Waals surface area contributed by atoms with Crippen LogP contribution in [0.1, 0.15) is 6.92 Å². The second-order valence-corrected chi connectivity index (χ2v) is 3.02.